The summed E-state index contributed by atoms with van der Waals surface area (Å²) in [5.74, 6) is 0.999. The molecule has 2 aromatic rings. The number of alkyl halides is 1. The molecule has 0 saturated carbocycles. The van der Waals surface area contributed by atoms with Gasteiger partial charge in [0, 0.05) is 15.5 Å². The third-order valence-corrected chi connectivity index (χ3v) is 3.38. The topological polar surface area (TPSA) is 52.4 Å². The van der Waals surface area contributed by atoms with E-state index >= 15 is 0 Å². The Morgan fingerprint density at radius 2 is 2.05 bits per heavy atom. The normalized spacial score (nSPS) is 10.2. The first-order valence-electron chi connectivity index (χ1n) is 5.37. The predicted molar refractivity (Wildman–Crippen MR) is 81.9 cm³/mol. The van der Waals surface area contributed by atoms with Gasteiger partial charge in [0.25, 0.3) is 0 Å². The van der Waals surface area contributed by atoms with Crippen molar-refractivity contribution < 1.29 is 9.66 Å². The maximum Gasteiger partial charge on any atom is 0.311 e. The minimum atomic E-state index is -0.473. The van der Waals surface area contributed by atoms with Crippen molar-refractivity contribution in [2.75, 3.05) is 0 Å². The molecule has 0 bridgehead atoms. The Labute approximate surface area is 128 Å². The molecule has 2 aromatic carbocycles. The molecule has 0 fully saturated rings. The molecule has 6 heteroatoms. The summed E-state index contributed by atoms with van der Waals surface area (Å²) in [6, 6.07) is 12.0. The van der Waals surface area contributed by atoms with Gasteiger partial charge in [-0.1, -0.05) is 12.1 Å². The van der Waals surface area contributed by atoms with E-state index in [9.17, 15) is 10.1 Å². The highest BCUT2D eigenvalue weighted by molar-refractivity contribution is 14.1. The minimum absolute atomic E-state index is 0.0861. The summed E-state index contributed by atoms with van der Waals surface area (Å²) in [6.07, 6.45) is 0. The zero-order valence-electron chi connectivity index (χ0n) is 9.68. The number of hydrogen-bond acceptors (Lipinski definition) is 3. The highest BCUT2D eigenvalue weighted by Crippen LogP contribution is 2.32. The summed E-state index contributed by atoms with van der Waals surface area (Å²) in [4.78, 5) is 10.6. The smallest absolute Gasteiger partial charge is 0.311 e. The fourth-order valence-electron chi connectivity index (χ4n) is 1.53. The number of nitro groups is 1. The second kappa shape index (κ2) is 6.21. The molecule has 0 radical (unpaired) electrons. The van der Waals surface area contributed by atoms with Gasteiger partial charge in [0.1, 0.15) is 5.75 Å². The van der Waals surface area contributed by atoms with Crippen LogP contribution in [0.25, 0.3) is 0 Å². The van der Waals surface area contributed by atoms with E-state index in [0.717, 1.165) is 3.57 Å². The van der Waals surface area contributed by atoms with E-state index in [1.807, 2.05) is 12.1 Å². The molecule has 19 heavy (non-hydrogen) atoms. The van der Waals surface area contributed by atoms with Crippen LogP contribution >= 0.6 is 34.2 Å². The number of hydrogen-bond donors (Lipinski definition) is 0. The van der Waals surface area contributed by atoms with Crippen LogP contribution in [0.5, 0.6) is 11.5 Å². The van der Waals surface area contributed by atoms with Crippen LogP contribution in [-0.2, 0) is 5.88 Å². The Morgan fingerprint density at radius 3 is 2.68 bits per heavy atom. The molecule has 0 spiro atoms. The van der Waals surface area contributed by atoms with Gasteiger partial charge in [0.15, 0.2) is 0 Å². The van der Waals surface area contributed by atoms with Crippen LogP contribution in [0.4, 0.5) is 5.69 Å². The van der Waals surface area contributed by atoms with Crippen LogP contribution in [-0.4, -0.2) is 4.92 Å². The average molecular weight is 390 g/mol. The lowest BCUT2D eigenvalue weighted by molar-refractivity contribution is -0.385. The summed E-state index contributed by atoms with van der Waals surface area (Å²) in [6.45, 7) is 0. The fraction of sp³-hybridized carbons (Fsp3) is 0.0769. The Hall–Kier alpha value is -1.34. The van der Waals surface area contributed by atoms with E-state index in [4.69, 9.17) is 16.3 Å². The summed E-state index contributed by atoms with van der Waals surface area (Å²) in [7, 11) is 0. The van der Waals surface area contributed by atoms with Gasteiger partial charge in [-0.25, -0.2) is 0 Å². The van der Waals surface area contributed by atoms with E-state index in [0.29, 0.717) is 11.3 Å². The lowest BCUT2D eigenvalue weighted by atomic mass is 10.2. The monoisotopic (exact) mass is 389 g/mol. The molecule has 0 aliphatic rings. The molecular formula is C13H9ClINO3. The summed E-state index contributed by atoms with van der Waals surface area (Å²) < 4.78 is 6.56. The van der Waals surface area contributed by atoms with Gasteiger partial charge in [-0.2, -0.15) is 0 Å². The highest BCUT2D eigenvalue weighted by Gasteiger charge is 2.16. The van der Waals surface area contributed by atoms with Crippen molar-refractivity contribution in [2.24, 2.45) is 0 Å². The number of nitro benzene ring substituents is 1. The molecule has 0 saturated heterocycles. The van der Waals surface area contributed by atoms with Crippen LogP contribution in [0, 0.1) is 13.7 Å². The van der Waals surface area contributed by atoms with E-state index in [1.54, 1.807) is 24.3 Å². The number of ether oxygens (including phenoxy) is 1. The van der Waals surface area contributed by atoms with Gasteiger partial charge in [-0.05, 0) is 52.4 Å². The molecule has 0 aliphatic heterocycles. The largest absolute Gasteiger partial charge is 0.450 e. The van der Waals surface area contributed by atoms with Crippen LogP contribution in [0.15, 0.2) is 42.5 Å². The fourth-order valence-corrected chi connectivity index (χ4v) is 2.21. The van der Waals surface area contributed by atoms with Crippen molar-refractivity contribution in [3.63, 3.8) is 0 Å². The molecule has 0 aliphatic carbocycles. The Morgan fingerprint density at radius 1 is 1.26 bits per heavy atom. The number of rotatable bonds is 4. The first kappa shape index (κ1) is 14.1. The van der Waals surface area contributed by atoms with Crippen molar-refractivity contribution in [1.29, 1.82) is 0 Å². The number of benzene rings is 2. The quantitative estimate of drug-likeness (QED) is 0.329. The third kappa shape index (κ3) is 3.57. The lowest BCUT2D eigenvalue weighted by Crippen LogP contribution is -1.95. The van der Waals surface area contributed by atoms with E-state index in [1.165, 1.54) is 6.07 Å². The standard InChI is InChI=1S/C13H9ClINO3/c14-8-9-4-5-13(12(6-9)16(17)18)19-11-3-1-2-10(15)7-11/h1-7H,8H2. The van der Waals surface area contributed by atoms with Crippen molar-refractivity contribution in [2.45, 2.75) is 5.88 Å². The molecule has 2 rings (SSSR count). The summed E-state index contributed by atoms with van der Waals surface area (Å²) in [5, 5.41) is 11.0. The number of nitrogens with zero attached hydrogens (tertiary/aromatic N) is 1. The first-order valence-corrected chi connectivity index (χ1v) is 6.98. The number of halogens is 2. The highest BCUT2D eigenvalue weighted by atomic mass is 127. The summed E-state index contributed by atoms with van der Waals surface area (Å²) in [5.41, 5.74) is 0.598. The lowest BCUT2D eigenvalue weighted by Gasteiger charge is -2.07. The van der Waals surface area contributed by atoms with Crippen molar-refractivity contribution >= 4 is 39.9 Å². The molecule has 0 amide bonds. The van der Waals surface area contributed by atoms with Gasteiger partial charge in [0.05, 0.1) is 4.92 Å². The van der Waals surface area contributed by atoms with E-state index in [2.05, 4.69) is 22.6 Å². The van der Waals surface area contributed by atoms with Crippen molar-refractivity contribution in [3.8, 4) is 11.5 Å². The van der Waals surface area contributed by atoms with Crippen LogP contribution < -0.4 is 4.74 Å². The molecule has 98 valence electrons. The molecule has 4 nitrogen and oxygen atoms in total. The van der Waals surface area contributed by atoms with Gasteiger partial charge in [-0.15, -0.1) is 11.6 Å². The maximum atomic E-state index is 11.0. The minimum Gasteiger partial charge on any atom is -0.450 e. The van der Waals surface area contributed by atoms with Crippen LogP contribution in [0.3, 0.4) is 0 Å². The van der Waals surface area contributed by atoms with Crippen LogP contribution in [0.1, 0.15) is 5.56 Å². The third-order valence-electron chi connectivity index (χ3n) is 2.40. The second-order valence-electron chi connectivity index (χ2n) is 3.75. The molecule has 0 unspecified atom stereocenters. The van der Waals surface area contributed by atoms with Crippen molar-refractivity contribution in [1.82, 2.24) is 0 Å². The molecular weight excluding hydrogens is 381 g/mol. The zero-order valence-corrected chi connectivity index (χ0v) is 12.6. The Kier molecular flexibility index (Phi) is 4.60. The van der Waals surface area contributed by atoms with Gasteiger partial charge >= 0.3 is 5.69 Å². The van der Waals surface area contributed by atoms with Gasteiger partial charge in [-0.3, -0.25) is 10.1 Å². The first-order chi connectivity index (χ1) is 9.10. The molecule has 0 atom stereocenters. The van der Waals surface area contributed by atoms with E-state index < -0.39 is 4.92 Å². The molecule has 0 aromatic heterocycles. The van der Waals surface area contributed by atoms with Crippen LogP contribution in [0.2, 0.25) is 0 Å². The Bertz CT molecular complexity index is 619. The second-order valence-corrected chi connectivity index (χ2v) is 5.27. The van der Waals surface area contributed by atoms with Gasteiger partial charge < -0.3 is 4.74 Å². The molecule has 0 N–H and O–H groups in total. The SMILES string of the molecule is O=[N+]([O-])c1cc(CCl)ccc1Oc1cccc(I)c1. The summed E-state index contributed by atoms with van der Waals surface area (Å²) >= 11 is 7.82. The Balaban J connectivity index is 2.36. The van der Waals surface area contributed by atoms with E-state index in [-0.39, 0.29) is 17.3 Å². The average Bonchev–Trinajstić information content (AvgIpc) is 2.39. The van der Waals surface area contributed by atoms with Crippen molar-refractivity contribution in [3.05, 3.63) is 61.7 Å². The maximum absolute atomic E-state index is 11.0. The van der Waals surface area contributed by atoms with Gasteiger partial charge in [0.2, 0.25) is 5.75 Å². The zero-order chi connectivity index (χ0) is 13.8. The molecule has 0 heterocycles. The predicted octanol–water partition coefficient (Wildman–Crippen LogP) is 4.73.